The summed E-state index contributed by atoms with van der Waals surface area (Å²) in [6, 6.07) is 3.84. The Morgan fingerprint density at radius 2 is 2.40 bits per heavy atom. The Kier molecular flexibility index (Phi) is 2.26. The molecular weight excluding hydrogens is 192 g/mol. The van der Waals surface area contributed by atoms with Crippen molar-refractivity contribution in [3.8, 4) is 11.9 Å². The van der Waals surface area contributed by atoms with Gasteiger partial charge in [0.05, 0.1) is 36.8 Å². The van der Waals surface area contributed by atoms with E-state index in [9.17, 15) is 0 Å². The van der Waals surface area contributed by atoms with Crippen LogP contribution in [0.5, 0.6) is 5.88 Å². The number of pyridine rings is 1. The summed E-state index contributed by atoms with van der Waals surface area (Å²) in [6.45, 7) is 0. The molecule has 0 aromatic carbocycles. The normalized spacial score (nSPS) is 10.2. The predicted octanol–water partition coefficient (Wildman–Crippen LogP) is 1.04. The van der Waals surface area contributed by atoms with Crippen LogP contribution in [0.1, 0.15) is 5.82 Å². The largest absolute Gasteiger partial charge is 0.481 e. The Labute approximate surface area is 86.9 Å². The fraction of sp³-hybridized carbons (Fsp3) is 0.300. The number of aryl methyl sites for hydroxylation is 1. The van der Waals surface area contributed by atoms with E-state index in [2.05, 4.69) is 16.0 Å². The summed E-state index contributed by atoms with van der Waals surface area (Å²) in [6.07, 6.45) is 2.00. The van der Waals surface area contributed by atoms with Gasteiger partial charge in [0.1, 0.15) is 5.82 Å². The molecule has 0 radical (unpaired) electrons. The minimum Gasteiger partial charge on any atom is -0.481 e. The highest BCUT2D eigenvalue weighted by Crippen LogP contribution is 2.18. The third kappa shape index (κ3) is 1.50. The first-order chi connectivity index (χ1) is 7.26. The molecule has 0 saturated carbocycles. The molecule has 0 aliphatic carbocycles. The second-order valence-electron chi connectivity index (χ2n) is 3.14. The molecule has 5 nitrogen and oxygen atoms in total. The molecule has 0 saturated heterocycles. The Bertz CT molecular complexity index is 538. The van der Waals surface area contributed by atoms with Gasteiger partial charge in [-0.05, 0) is 0 Å². The van der Waals surface area contributed by atoms with Gasteiger partial charge in [-0.25, -0.2) is 9.97 Å². The lowest BCUT2D eigenvalue weighted by molar-refractivity contribution is 0.398. The Hall–Kier alpha value is -2.09. The molecule has 5 heteroatoms. The molecule has 76 valence electrons. The summed E-state index contributed by atoms with van der Waals surface area (Å²) in [4.78, 5) is 8.42. The summed E-state index contributed by atoms with van der Waals surface area (Å²) >= 11 is 0. The van der Waals surface area contributed by atoms with E-state index in [0.29, 0.717) is 12.3 Å². The molecule has 0 aliphatic heterocycles. The number of imidazole rings is 1. The summed E-state index contributed by atoms with van der Waals surface area (Å²) < 4.78 is 6.87. The van der Waals surface area contributed by atoms with Crippen LogP contribution in [0.15, 0.2) is 12.3 Å². The smallest absolute Gasteiger partial charge is 0.215 e. The van der Waals surface area contributed by atoms with Gasteiger partial charge >= 0.3 is 0 Å². The zero-order valence-corrected chi connectivity index (χ0v) is 8.56. The van der Waals surface area contributed by atoms with E-state index < -0.39 is 0 Å². The molecule has 0 spiro atoms. The van der Waals surface area contributed by atoms with Crippen LogP contribution in [0.2, 0.25) is 0 Å². The van der Waals surface area contributed by atoms with Crippen LogP contribution in [-0.2, 0) is 13.5 Å². The average molecular weight is 202 g/mol. The van der Waals surface area contributed by atoms with Gasteiger partial charge in [0.15, 0.2) is 0 Å². The lowest BCUT2D eigenvalue weighted by Gasteiger charge is -1.98. The van der Waals surface area contributed by atoms with E-state index in [1.165, 1.54) is 0 Å². The molecule has 15 heavy (non-hydrogen) atoms. The van der Waals surface area contributed by atoms with Crippen molar-refractivity contribution >= 4 is 11.0 Å². The second-order valence-corrected chi connectivity index (χ2v) is 3.14. The monoisotopic (exact) mass is 202 g/mol. The highest BCUT2D eigenvalue weighted by Gasteiger charge is 2.08. The zero-order valence-electron chi connectivity index (χ0n) is 8.56. The second kappa shape index (κ2) is 3.58. The van der Waals surface area contributed by atoms with E-state index in [1.807, 2.05) is 11.6 Å². The first kappa shape index (κ1) is 9.46. The van der Waals surface area contributed by atoms with Crippen LogP contribution >= 0.6 is 0 Å². The SMILES string of the molecule is COc1cc2nc(CC#N)n(C)c2cn1. The van der Waals surface area contributed by atoms with Crippen LogP contribution in [0.4, 0.5) is 0 Å². The quantitative estimate of drug-likeness (QED) is 0.730. The topological polar surface area (TPSA) is 63.7 Å². The third-order valence-electron chi connectivity index (χ3n) is 2.28. The molecule has 0 N–H and O–H groups in total. The lowest BCUT2D eigenvalue weighted by Crippen LogP contribution is -1.96. The number of hydrogen-bond donors (Lipinski definition) is 0. The van der Waals surface area contributed by atoms with E-state index in [1.54, 1.807) is 19.4 Å². The van der Waals surface area contributed by atoms with Gasteiger partial charge in [0, 0.05) is 13.1 Å². The summed E-state index contributed by atoms with van der Waals surface area (Å²) in [5.74, 6) is 1.27. The molecule has 0 amide bonds. The average Bonchev–Trinajstić information content (AvgIpc) is 2.56. The molecule has 2 aromatic rings. The van der Waals surface area contributed by atoms with Crippen molar-refractivity contribution in [1.29, 1.82) is 5.26 Å². The number of rotatable bonds is 2. The molecule has 0 unspecified atom stereocenters. The molecule has 2 rings (SSSR count). The van der Waals surface area contributed by atoms with Gasteiger partial charge in [-0.2, -0.15) is 5.26 Å². The standard InChI is InChI=1S/C10H10N4O/c1-14-8-6-12-10(15-2)5-7(8)13-9(14)3-4-11/h5-6H,3H2,1-2H3. The maximum atomic E-state index is 8.63. The first-order valence-electron chi connectivity index (χ1n) is 4.48. The molecule has 0 fully saturated rings. The molecule has 2 aromatic heterocycles. The summed E-state index contributed by atoms with van der Waals surface area (Å²) in [5.41, 5.74) is 1.70. The lowest BCUT2D eigenvalue weighted by atomic mass is 10.4. The fourth-order valence-corrected chi connectivity index (χ4v) is 1.46. The van der Waals surface area contributed by atoms with Crippen LogP contribution in [0, 0.1) is 11.3 Å². The Morgan fingerprint density at radius 1 is 1.60 bits per heavy atom. The number of aromatic nitrogens is 3. The van der Waals surface area contributed by atoms with Gasteiger partial charge < -0.3 is 9.30 Å². The van der Waals surface area contributed by atoms with E-state index in [-0.39, 0.29) is 0 Å². The van der Waals surface area contributed by atoms with Gasteiger partial charge in [-0.3, -0.25) is 0 Å². The fourth-order valence-electron chi connectivity index (χ4n) is 1.46. The van der Waals surface area contributed by atoms with Crippen molar-refractivity contribution in [3.63, 3.8) is 0 Å². The van der Waals surface area contributed by atoms with E-state index in [4.69, 9.17) is 10.00 Å². The zero-order chi connectivity index (χ0) is 10.8. The van der Waals surface area contributed by atoms with Crippen LogP contribution in [0.3, 0.4) is 0 Å². The summed E-state index contributed by atoms with van der Waals surface area (Å²) in [5, 5.41) is 8.63. The molecule has 0 aliphatic rings. The highest BCUT2D eigenvalue weighted by molar-refractivity contribution is 5.76. The van der Waals surface area contributed by atoms with Crippen molar-refractivity contribution in [3.05, 3.63) is 18.1 Å². The van der Waals surface area contributed by atoms with Gasteiger partial charge in [-0.1, -0.05) is 0 Å². The van der Waals surface area contributed by atoms with Crippen LogP contribution < -0.4 is 4.74 Å². The maximum absolute atomic E-state index is 8.63. The van der Waals surface area contributed by atoms with Crippen molar-refractivity contribution in [1.82, 2.24) is 14.5 Å². The number of methoxy groups -OCH3 is 1. The first-order valence-corrected chi connectivity index (χ1v) is 4.48. The van der Waals surface area contributed by atoms with Crippen LogP contribution in [-0.4, -0.2) is 21.6 Å². The Morgan fingerprint density at radius 3 is 3.07 bits per heavy atom. The third-order valence-corrected chi connectivity index (χ3v) is 2.28. The molecular formula is C10H10N4O. The number of nitrogens with zero attached hydrogens (tertiary/aromatic N) is 4. The number of fused-ring (bicyclic) bond motifs is 1. The predicted molar refractivity (Wildman–Crippen MR) is 54.4 cm³/mol. The highest BCUT2D eigenvalue weighted by atomic mass is 16.5. The van der Waals surface area contributed by atoms with Crippen LogP contribution in [0.25, 0.3) is 11.0 Å². The molecule has 0 bridgehead atoms. The van der Waals surface area contributed by atoms with Gasteiger partial charge in [0.25, 0.3) is 0 Å². The van der Waals surface area contributed by atoms with Crippen molar-refractivity contribution < 1.29 is 4.74 Å². The van der Waals surface area contributed by atoms with Crippen molar-refractivity contribution in [2.75, 3.05) is 7.11 Å². The van der Waals surface area contributed by atoms with Crippen molar-refractivity contribution in [2.45, 2.75) is 6.42 Å². The van der Waals surface area contributed by atoms with E-state index in [0.717, 1.165) is 16.9 Å². The molecule has 2 heterocycles. The number of hydrogen-bond acceptors (Lipinski definition) is 4. The van der Waals surface area contributed by atoms with Gasteiger partial charge in [0.2, 0.25) is 5.88 Å². The Balaban J connectivity index is 2.61. The number of nitriles is 1. The van der Waals surface area contributed by atoms with E-state index >= 15 is 0 Å². The minimum absolute atomic E-state index is 0.299. The maximum Gasteiger partial charge on any atom is 0.215 e. The van der Waals surface area contributed by atoms with Gasteiger partial charge in [-0.15, -0.1) is 0 Å². The molecule has 0 atom stereocenters. The van der Waals surface area contributed by atoms with Crippen molar-refractivity contribution in [2.24, 2.45) is 7.05 Å². The summed E-state index contributed by atoms with van der Waals surface area (Å²) in [7, 11) is 3.43. The number of ether oxygens (including phenoxy) is 1. The minimum atomic E-state index is 0.299.